The zero-order chi connectivity index (χ0) is 10.8. The minimum Gasteiger partial charge on any atom is -0.328 e. The molecule has 0 saturated heterocycles. The number of hydrogen-bond acceptors (Lipinski definition) is 1. The molecule has 1 aromatic carbocycles. The predicted octanol–water partition coefficient (Wildman–Crippen LogP) is 3.54. The molecule has 16 heavy (non-hydrogen) atoms. The van der Waals surface area contributed by atoms with E-state index < -0.39 is 0 Å². The summed E-state index contributed by atoms with van der Waals surface area (Å²) in [4.78, 5) is 0. The van der Waals surface area contributed by atoms with Gasteiger partial charge >= 0.3 is 0 Å². The summed E-state index contributed by atoms with van der Waals surface area (Å²) in [6.45, 7) is 2.06. The van der Waals surface area contributed by atoms with Crippen molar-refractivity contribution >= 4 is 12.4 Å². The van der Waals surface area contributed by atoms with Crippen LogP contribution < -0.4 is 5.73 Å². The highest BCUT2D eigenvalue weighted by Crippen LogP contribution is 2.34. The van der Waals surface area contributed by atoms with Crippen molar-refractivity contribution in [3.8, 4) is 0 Å². The highest BCUT2D eigenvalue weighted by Gasteiger charge is 2.21. The molecule has 2 rings (SSSR count). The molecule has 0 spiro atoms. The van der Waals surface area contributed by atoms with Gasteiger partial charge in [-0.3, -0.25) is 0 Å². The lowest BCUT2D eigenvalue weighted by Crippen LogP contribution is -2.25. The fourth-order valence-electron chi connectivity index (χ4n) is 2.48. The Morgan fingerprint density at radius 2 is 1.81 bits per heavy atom. The summed E-state index contributed by atoms with van der Waals surface area (Å²) in [5.74, 6) is 0.394. The van der Waals surface area contributed by atoms with Gasteiger partial charge in [-0.25, -0.2) is 4.39 Å². The molecule has 90 valence electrons. The molecule has 0 amide bonds. The molecule has 1 nitrogen and oxygen atoms in total. The van der Waals surface area contributed by atoms with Crippen LogP contribution in [-0.4, -0.2) is 6.04 Å². The predicted molar refractivity (Wildman–Crippen MR) is 67.6 cm³/mol. The van der Waals surface area contributed by atoms with Crippen LogP contribution in [0.2, 0.25) is 0 Å². The Hall–Kier alpha value is -0.600. The van der Waals surface area contributed by atoms with Crippen LogP contribution in [0.4, 0.5) is 4.39 Å². The van der Waals surface area contributed by atoms with Gasteiger partial charge in [0.05, 0.1) is 0 Å². The molecule has 0 radical (unpaired) electrons. The molecule has 2 N–H and O–H groups in total. The summed E-state index contributed by atoms with van der Waals surface area (Å²) in [5.41, 5.74) is 8.26. The van der Waals surface area contributed by atoms with Gasteiger partial charge in [-0.2, -0.15) is 0 Å². The number of benzene rings is 1. The standard InChI is InChI=1S/C13H18FN.ClH/c1-9-2-5-11(14)8-13(9)10-3-6-12(15)7-4-10;/h2,5,8,10,12H,3-4,6-7,15H2,1H3;1H. The number of aryl methyl sites for hydroxylation is 1. The SMILES string of the molecule is Cc1ccc(F)cc1C1CCC(N)CC1.Cl. The molecule has 0 aliphatic heterocycles. The summed E-state index contributed by atoms with van der Waals surface area (Å²) < 4.78 is 13.2. The lowest BCUT2D eigenvalue weighted by molar-refractivity contribution is 0.394. The largest absolute Gasteiger partial charge is 0.328 e. The van der Waals surface area contributed by atoms with E-state index in [4.69, 9.17) is 5.73 Å². The maximum Gasteiger partial charge on any atom is 0.123 e. The van der Waals surface area contributed by atoms with Crippen molar-refractivity contribution in [2.75, 3.05) is 0 Å². The Bertz CT molecular complexity index is 346. The monoisotopic (exact) mass is 243 g/mol. The molecule has 1 fully saturated rings. The molecular formula is C13H19ClFN. The van der Waals surface area contributed by atoms with Crippen LogP contribution in [0.5, 0.6) is 0 Å². The van der Waals surface area contributed by atoms with Crippen LogP contribution >= 0.6 is 12.4 Å². The van der Waals surface area contributed by atoms with Gasteiger partial charge in [-0.1, -0.05) is 6.07 Å². The highest BCUT2D eigenvalue weighted by atomic mass is 35.5. The number of hydrogen-bond donors (Lipinski definition) is 1. The van der Waals surface area contributed by atoms with E-state index in [1.807, 2.05) is 6.07 Å². The van der Waals surface area contributed by atoms with E-state index >= 15 is 0 Å². The Morgan fingerprint density at radius 3 is 2.44 bits per heavy atom. The first kappa shape index (κ1) is 13.5. The van der Waals surface area contributed by atoms with E-state index in [-0.39, 0.29) is 18.2 Å². The first-order chi connectivity index (χ1) is 7.16. The van der Waals surface area contributed by atoms with Crippen LogP contribution in [0.1, 0.15) is 42.7 Å². The molecule has 1 aromatic rings. The smallest absolute Gasteiger partial charge is 0.123 e. The van der Waals surface area contributed by atoms with Crippen molar-refractivity contribution in [2.24, 2.45) is 5.73 Å². The third-order valence-electron chi connectivity index (χ3n) is 3.45. The highest BCUT2D eigenvalue weighted by molar-refractivity contribution is 5.85. The fourth-order valence-corrected chi connectivity index (χ4v) is 2.48. The Balaban J connectivity index is 0.00000128. The van der Waals surface area contributed by atoms with E-state index in [0.29, 0.717) is 12.0 Å². The van der Waals surface area contributed by atoms with Gasteiger partial charge in [0.15, 0.2) is 0 Å². The molecule has 0 heterocycles. The average molecular weight is 244 g/mol. The van der Waals surface area contributed by atoms with Crippen LogP contribution in [0.3, 0.4) is 0 Å². The Morgan fingerprint density at radius 1 is 1.19 bits per heavy atom. The normalized spacial score (nSPS) is 24.9. The summed E-state index contributed by atoms with van der Waals surface area (Å²) in [7, 11) is 0. The zero-order valence-corrected chi connectivity index (χ0v) is 10.4. The number of nitrogens with two attached hydrogens (primary N) is 1. The van der Waals surface area contributed by atoms with Crippen LogP contribution in [0.15, 0.2) is 18.2 Å². The first-order valence-corrected chi connectivity index (χ1v) is 5.68. The molecule has 0 bridgehead atoms. The minimum atomic E-state index is -0.120. The van der Waals surface area contributed by atoms with Gasteiger partial charge in [-0.15, -0.1) is 12.4 Å². The third-order valence-corrected chi connectivity index (χ3v) is 3.45. The first-order valence-electron chi connectivity index (χ1n) is 5.68. The molecule has 0 aromatic heterocycles. The second-order valence-electron chi connectivity index (χ2n) is 4.61. The van der Waals surface area contributed by atoms with Gasteiger partial charge in [0.2, 0.25) is 0 Å². The maximum atomic E-state index is 13.2. The quantitative estimate of drug-likeness (QED) is 0.802. The topological polar surface area (TPSA) is 26.0 Å². The molecule has 0 atom stereocenters. The van der Waals surface area contributed by atoms with Crippen LogP contribution in [0, 0.1) is 12.7 Å². The molecule has 0 unspecified atom stereocenters. The minimum absolute atomic E-state index is 0. The van der Waals surface area contributed by atoms with Crippen molar-refractivity contribution in [1.29, 1.82) is 0 Å². The van der Waals surface area contributed by atoms with Gasteiger partial charge in [0.25, 0.3) is 0 Å². The van der Waals surface area contributed by atoms with Crippen molar-refractivity contribution in [2.45, 2.75) is 44.6 Å². The maximum absolute atomic E-state index is 13.2. The van der Waals surface area contributed by atoms with Crippen molar-refractivity contribution in [1.82, 2.24) is 0 Å². The van der Waals surface area contributed by atoms with Crippen LogP contribution in [0.25, 0.3) is 0 Å². The molecule has 3 heteroatoms. The second-order valence-corrected chi connectivity index (χ2v) is 4.61. The summed E-state index contributed by atoms with van der Waals surface area (Å²) in [6, 6.07) is 5.46. The lowest BCUT2D eigenvalue weighted by Gasteiger charge is -2.27. The molecular weight excluding hydrogens is 225 g/mol. The fraction of sp³-hybridized carbons (Fsp3) is 0.538. The van der Waals surface area contributed by atoms with E-state index in [1.54, 1.807) is 6.07 Å². The summed E-state index contributed by atoms with van der Waals surface area (Å²) in [6.07, 6.45) is 4.35. The van der Waals surface area contributed by atoms with Gasteiger partial charge in [-0.05, 0) is 61.8 Å². The van der Waals surface area contributed by atoms with Crippen molar-refractivity contribution in [3.63, 3.8) is 0 Å². The van der Waals surface area contributed by atoms with Gasteiger partial charge < -0.3 is 5.73 Å². The van der Waals surface area contributed by atoms with E-state index in [2.05, 4.69) is 6.92 Å². The van der Waals surface area contributed by atoms with Crippen molar-refractivity contribution in [3.05, 3.63) is 35.1 Å². The average Bonchev–Trinajstić information content (AvgIpc) is 2.23. The lowest BCUT2D eigenvalue weighted by atomic mass is 9.80. The van der Waals surface area contributed by atoms with Gasteiger partial charge in [0, 0.05) is 6.04 Å². The molecule has 1 aliphatic carbocycles. The summed E-state index contributed by atoms with van der Waals surface area (Å²) >= 11 is 0. The third kappa shape index (κ3) is 2.96. The van der Waals surface area contributed by atoms with E-state index in [1.165, 1.54) is 17.2 Å². The Labute approximate surface area is 103 Å². The van der Waals surface area contributed by atoms with E-state index in [9.17, 15) is 4.39 Å². The molecule has 1 saturated carbocycles. The summed E-state index contributed by atoms with van der Waals surface area (Å²) in [5, 5.41) is 0. The zero-order valence-electron chi connectivity index (χ0n) is 9.58. The van der Waals surface area contributed by atoms with E-state index in [0.717, 1.165) is 25.7 Å². The number of rotatable bonds is 1. The number of halogens is 2. The Kier molecular flexibility index (Phi) is 4.75. The van der Waals surface area contributed by atoms with Crippen molar-refractivity contribution < 1.29 is 4.39 Å². The second kappa shape index (κ2) is 5.65. The van der Waals surface area contributed by atoms with Crippen LogP contribution in [-0.2, 0) is 0 Å². The van der Waals surface area contributed by atoms with Gasteiger partial charge in [0.1, 0.15) is 5.82 Å². The molecule has 1 aliphatic rings.